The monoisotopic (exact) mass is 218 g/mol. The molecule has 0 saturated heterocycles. The molecule has 1 N–H and O–H groups in total. The van der Waals surface area contributed by atoms with E-state index in [-0.39, 0.29) is 5.82 Å². The van der Waals surface area contributed by atoms with Gasteiger partial charge in [0.25, 0.3) is 0 Å². The van der Waals surface area contributed by atoms with Crippen LogP contribution >= 0.6 is 0 Å². The highest BCUT2D eigenvalue weighted by Gasteiger charge is 2.21. The maximum Gasteiger partial charge on any atom is 0.132 e. The Morgan fingerprint density at radius 2 is 2.25 bits per heavy atom. The van der Waals surface area contributed by atoms with Gasteiger partial charge in [0.2, 0.25) is 0 Å². The fourth-order valence-corrected chi connectivity index (χ4v) is 2.17. The van der Waals surface area contributed by atoms with Crippen molar-refractivity contribution >= 4 is 10.9 Å². The number of nitrogens with zero attached hydrogens (tertiary/aromatic N) is 1. The summed E-state index contributed by atoms with van der Waals surface area (Å²) in [4.78, 5) is 0. The molecule has 3 heteroatoms. The average molecular weight is 218 g/mol. The van der Waals surface area contributed by atoms with E-state index in [4.69, 9.17) is 0 Å². The largest absolute Gasteiger partial charge is 0.350 e. The summed E-state index contributed by atoms with van der Waals surface area (Å²) in [6.07, 6.45) is 4.53. The van der Waals surface area contributed by atoms with Crippen LogP contribution < -0.4 is 5.32 Å². The first kappa shape index (κ1) is 9.85. The zero-order chi connectivity index (χ0) is 11.1. The molecule has 1 aliphatic carbocycles. The normalized spacial score (nSPS) is 15.9. The van der Waals surface area contributed by atoms with E-state index < -0.39 is 0 Å². The third-order valence-corrected chi connectivity index (χ3v) is 3.20. The number of halogens is 1. The van der Waals surface area contributed by atoms with Crippen molar-refractivity contribution in [2.75, 3.05) is 0 Å². The summed E-state index contributed by atoms with van der Waals surface area (Å²) in [7, 11) is 1.96. The lowest BCUT2D eigenvalue weighted by molar-refractivity contribution is 0.635. The number of benzene rings is 1. The SMILES string of the molecule is Cn1cc(CNC2CC2)c2c(F)cccc21. The van der Waals surface area contributed by atoms with Gasteiger partial charge < -0.3 is 9.88 Å². The summed E-state index contributed by atoms with van der Waals surface area (Å²) in [5.41, 5.74) is 2.02. The van der Waals surface area contributed by atoms with Gasteiger partial charge in [-0.05, 0) is 30.5 Å². The van der Waals surface area contributed by atoms with Crippen LogP contribution in [0.4, 0.5) is 4.39 Å². The summed E-state index contributed by atoms with van der Waals surface area (Å²) < 4.78 is 15.7. The lowest BCUT2D eigenvalue weighted by atomic mass is 10.1. The molecule has 0 radical (unpaired) electrons. The zero-order valence-electron chi connectivity index (χ0n) is 9.33. The van der Waals surface area contributed by atoms with Gasteiger partial charge in [0.15, 0.2) is 0 Å². The van der Waals surface area contributed by atoms with Crippen molar-refractivity contribution in [3.8, 4) is 0 Å². The van der Waals surface area contributed by atoms with Gasteiger partial charge in [-0.15, -0.1) is 0 Å². The van der Waals surface area contributed by atoms with Crippen LogP contribution in [0, 0.1) is 5.82 Å². The molecule has 0 unspecified atom stereocenters. The van der Waals surface area contributed by atoms with E-state index >= 15 is 0 Å². The molecule has 0 atom stereocenters. The van der Waals surface area contributed by atoms with Gasteiger partial charge >= 0.3 is 0 Å². The highest BCUT2D eigenvalue weighted by Crippen LogP contribution is 2.25. The van der Waals surface area contributed by atoms with Gasteiger partial charge in [-0.2, -0.15) is 0 Å². The van der Waals surface area contributed by atoms with E-state index in [1.54, 1.807) is 6.07 Å². The van der Waals surface area contributed by atoms with Gasteiger partial charge in [-0.25, -0.2) is 4.39 Å². The molecule has 0 amide bonds. The first-order chi connectivity index (χ1) is 7.75. The molecule has 16 heavy (non-hydrogen) atoms. The molecule has 2 nitrogen and oxygen atoms in total. The van der Waals surface area contributed by atoms with E-state index in [1.165, 1.54) is 18.9 Å². The number of aromatic nitrogens is 1. The summed E-state index contributed by atoms with van der Waals surface area (Å²) in [5.74, 6) is -0.120. The van der Waals surface area contributed by atoms with Crippen LogP contribution in [0.5, 0.6) is 0 Å². The minimum Gasteiger partial charge on any atom is -0.350 e. The average Bonchev–Trinajstić information content (AvgIpc) is 3.03. The fraction of sp³-hybridized carbons (Fsp3) is 0.385. The van der Waals surface area contributed by atoms with Crippen LogP contribution in [0.25, 0.3) is 10.9 Å². The lowest BCUT2D eigenvalue weighted by Gasteiger charge is -2.01. The van der Waals surface area contributed by atoms with E-state index in [1.807, 2.05) is 23.9 Å². The van der Waals surface area contributed by atoms with Crippen molar-refractivity contribution in [3.63, 3.8) is 0 Å². The van der Waals surface area contributed by atoms with Gasteiger partial charge in [0.1, 0.15) is 5.82 Å². The minimum absolute atomic E-state index is 0.120. The van der Waals surface area contributed by atoms with Crippen molar-refractivity contribution in [2.45, 2.75) is 25.4 Å². The standard InChI is InChI=1S/C13H15FN2/c1-16-8-9(7-15-10-5-6-10)13-11(14)3-2-4-12(13)16/h2-4,8,10,15H,5-7H2,1H3. The Kier molecular flexibility index (Phi) is 2.21. The summed E-state index contributed by atoms with van der Waals surface area (Å²) in [6, 6.07) is 5.90. The molecule has 0 aliphatic heterocycles. The Balaban J connectivity index is 2.01. The van der Waals surface area contributed by atoms with E-state index in [0.717, 1.165) is 23.0 Å². The van der Waals surface area contributed by atoms with Gasteiger partial charge in [0.05, 0.1) is 5.52 Å². The number of rotatable bonds is 3. The molecule has 1 fully saturated rings. The van der Waals surface area contributed by atoms with Crippen molar-refractivity contribution in [2.24, 2.45) is 7.05 Å². The van der Waals surface area contributed by atoms with E-state index in [0.29, 0.717) is 6.04 Å². The Morgan fingerprint density at radius 1 is 1.44 bits per heavy atom. The second-order valence-electron chi connectivity index (χ2n) is 4.55. The molecule has 0 spiro atoms. The first-order valence-electron chi connectivity index (χ1n) is 5.71. The van der Waals surface area contributed by atoms with Crippen molar-refractivity contribution in [1.82, 2.24) is 9.88 Å². The molecule has 1 aromatic carbocycles. The number of hydrogen-bond acceptors (Lipinski definition) is 1. The molecule has 1 saturated carbocycles. The Labute approximate surface area is 94.1 Å². The van der Waals surface area contributed by atoms with Crippen LogP contribution in [0.3, 0.4) is 0 Å². The summed E-state index contributed by atoms with van der Waals surface area (Å²) in [6.45, 7) is 0.767. The number of hydrogen-bond donors (Lipinski definition) is 1. The molecular formula is C13H15FN2. The Hall–Kier alpha value is -1.35. The third kappa shape index (κ3) is 1.61. The molecule has 0 bridgehead atoms. The predicted molar refractivity (Wildman–Crippen MR) is 62.7 cm³/mol. The first-order valence-corrected chi connectivity index (χ1v) is 5.71. The maximum atomic E-state index is 13.8. The number of aryl methyl sites for hydroxylation is 1. The molecular weight excluding hydrogens is 203 g/mol. The predicted octanol–water partition coefficient (Wildman–Crippen LogP) is 2.57. The van der Waals surface area contributed by atoms with E-state index in [9.17, 15) is 4.39 Å². The molecule has 84 valence electrons. The molecule has 1 aliphatic rings. The van der Waals surface area contributed by atoms with Gasteiger partial charge in [-0.3, -0.25) is 0 Å². The smallest absolute Gasteiger partial charge is 0.132 e. The van der Waals surface area contributed by atoms with Crippen LogP contribution in [-0.2, 0) is 13.6 Å². The highest BCUT2D eigenvalue weighted by atomic mass is 19.1. The van der Waals surface area contributed by atoms with Gasteiger partial charge in [-0.1, -0.05) is 6.07 Å². The van der Waals surface area contributed by atoms with Crippen molar-refractivity contribution < 1.29 is 4.39 Å². The quantitative estimate of drug-likeness (QED) is 0.837. The zero-order valence-corrected chi connectivity index (χ0v) is 9.33. The second kappa shape index (κ2) is 3.59. The van der Waals surface area contributed by atoms with Crippen LogP contribution in [0.2, 0.25) is 0 Å². The molecule has 3 rings (SSSR count). The topological polar surface area (TPSA) is 17.0 Å². The van der Waals surface area contributed by atoms with Crippen molar-refractivity contribution in [3.05, 3.63) is 35.8 Å². The van der Waals surface area contributed by atoms with Crippen LogP contribution in [0.15, 0.2) is 24.4 Å². The summed E-state index contributed by atoms with van der Waals surface area (Å²) >= 11 is 0. The van der Waals surface area contributed by atoms with Crippen molar-refractivity contribution in [1.29, 1.82) is 0 Å². The van der Waals surface area contributed by atoms with E-state index in [2.05, 4.69) is 5.32 Å². The highest BCUT2D eigenvalue weighted by molar-refractivity contribution is 5.84. The molecule has 1 heterocycles. The fourth-order valence-electron chi connectivity index (χ4n) is 2.17. The Bertz CT molecular complexity index is 526. The Morgan fingerprint density at radius 3 is 3.00 bits per heavy atom. The number of nitrogens with one attached hydrogen (secondary N) is 1. The molecule has 2 aromatic rings. The number of fused-ring (bicyclic) bond motifs is 1. The third-order valence-electron chi connectivity index (χ3n) is 3.20. The van der Waals surface area contributed by atoms with Crippen LogP contribution in [-0.4, -0.2) is 10.6 Å². The second-order valence-corrected chi connectivity index (χ2v) is 4.55. The minimum atomic E-state index is -0.120. The maximum absolute atomic E-state index is 13.8. The van der Waals surface area contributed by atoms with Crippen LogP contribution in [0.1, 0.15) is 18.4 Å². The molecule has 1 aromatic heterocycles. The van der Waals surface area contributed by atoms with Gasteiger partial charge in [0, 0.05) is 31.2 Å². The lowest BCUT2D eigenvalue weighted by Crippen LogP contribution is -2.15. The summed E-state index contributed by atoms with van der Waals surface area (Å²) in [5, 5.41) is 4.19.